The molecule has 1 aromatic carbocycles. The van der Waals surface area contributed by atoms with Gasteiger partial charge in [0.15, 0.2) is 5.78 Å². The Hall–Kier alpha value is -2.33. The molecule has 1 aromatic rings. The van der Waals surface area contributed by atoms with E-state index in [1.165, 1.54) is 25.3 Å². The molecule has 1 aliphatic rings. The molecule has 2 rings (SSSR count). The van der Waals surface area contributed by atoms with E-state index in [4.69, 9.17) is 4.74 Å². The van der Waals surface area contributed by atoms with Crippen molar-refractivity contribution in [2.45, 2.75) is 6.10 Å². The van der Waals surface area contributed by atoms with Gasteiger partial charge in [-0.15, -0.1) is 0 Å². The minimum absolute atomic E-state index is 0.0478. The number of rotatable bonds is 4. The van der Waals surface area contributed by atoms with E-state index in [9.17, 15) is 15.0 Å². The number of carbonyl (C=O) groups is 1. The predicted octanol–water partition coefficient (Wildman–Crippen LogP) is 2.39. The third kappa shape index (κ3) is 3.16. The summed E-state index contributed by atoms with van der Waals surface area (Å²) < 4.78 is 5.12. The maximum absolute atomic E-state index is 12.0. The van der Waals surface area contributed by atoms with E-state index in [1.807, 2.05) is 6.07 Å². The second-order valence-corrected chi connectivity index (χ2v) is 4.45. The van der Waals surface area contributed by atoms with Crippen LogP contribution in [-0.4, -0.2) is 29.2 Å². The van der Waals surface area contributed by atoms with Gasteiger partial charge in [0.2, 0.25) is 0 Å². The van der Waals surface area contributed by atoms with Crippen LogP contribution in [0.5, 0.6) is 0 Å². The molecular weight excluding hydrogens is 256 g/mol. The number of hydrogen-bond donors (Lipinski definition) is 2. The average Bonchev–Trinajstić information content (AvgIpc) is 2.46. The van der Waals surface area contributed by atoms with E-state index in [-0.39, 0.29) is 11.5 Å². The molecule has 4 nitrogen and oxygen atoms in total. The Morgan fingerprint density at radius 3 is 2.65 bits per heavy atom. The first kappa shape index (κ1) is 14.1. The first-order valence-electron chi connectivity index (χ1n) is 6.24. The average molecular weight is 272 g/mol. The largest absolute Gasteiger partial charge is 0.508 e. The summed E-state index contributed by atoms with van der Waals surface area (Å²) >= 11 is 0. The zero-order chi connectivity index (χ0) is 14.5. The smallest absolute Gasteiger partial charge is 0.185 e. The van der Waals surface area contributed by atoms with Gasteiger partial charge in [0.25, 0.3) is 0 Å². The van der Waals surface area contributed by atoms with E-state index < -0.39 is 12.0 Å². The summed E-state index contributed by atoms with van der Waals surface area (Å²) in [7, 11) is 1.46. The Labute approximate surface area is 117 Å². The van der Waals surface area contributed by atoms with Gasteiger partial charge in [-0.05, 0) is 12.2 Å². The van der Waals surface area contributed by atoms with Crippen LogP contribution in [0.4, 0.5) is 0 Å². The van der Waals surface area contributed by atoms with Crippen molar-refractivity contribution in [1.29, 1.82) is 0 Å². The highest BCUT2D eigenvalue weighted by molar-refractivity contribution is 6.04. The molecule has 0 saturated carbocycles. The van der Waals surface area contributed by atoms with Gasteiger partial charge in [-0.1, -0.05) is 36.4 Å². The topological polar surface area (TPSA) is 66.8 Å². The second-order valence-electron chi connectivity index (χ2n) is 4.45. The van der Waals surface area contributed by atoms with Crippen molar-refractivity contribution in [3.05, 3.63) is 71.7 Å². The minimum Gasteiger partial charge on any atom is -0.508 e. The van der Waals surface area contributed by atoms with Crippen LogP contribution in [-0.2, 0) is 4.74 Å². The van der Waals surface area contributed by atoms with Crippen molar-refractivity contribution in [3.63, 3.8) is 0 Å². The molecule has 20 heavy (non-hydrogen) atoms. The van der Waals surface area contributed by atoms with Crippen LogP contribution in [0.15, 0.2) is 66.2 Å². The first-order chi connectivity index (χ1) is 9.61. The highest BCUT2D eigenvalue weighted by Crippen LogP contribution is 2.25. The van der Waals surface area contributed by atoms with E-state index >= 15 is 0 Å². The Morgan fingerprint density at radius 1 is 1.30 bits per heavy atom. The fraction of sp³-hybridized carbons (Fsp3) is 0.188. The molecule has 4 heteroatoms. The number of benzene rings is 1. The third-order valence-electron chi connectivity index (χ3n) is 3.08. The van der Waals surface area contributed by atoms with Gasteiger partial charge in [0.05, 0.1) is 19.1 Å². The highest BCUT2D eigenvalue weighted by Gasteiger charge is 2.25. The lowest BCUT2D eigenvalue weighted by atomic mass is 9.93. The first-order valence-corrected chi connectivity index (χ1v) is 6.24. The van der Waals surface area contributed by atoms with Crippen LogP contribution in [0.1, 0.15) is 10.4 Å². The van der Waals surface area contributed by atoms with Gasteiger partial charge in [-0.25, -0.2) is 0 Å². The zero-order valence-corrected chi connectivity index (χ0v) is 11.1. The van der Waals surface area contributed by atoms with Crippen LogP contribution in [0.3, 0.4) is 0 Å². The Balaban J connectivity index is 2.15. The molecule has 0 amide bonds. The van der Waals surface area contributed by atoms with Crippen LogP contribution < -0.4 is 0 Å². The van der Waals surface area contributed by atoms with E-state index in [0.29, 0.717) is 11.3 Å². The summed E-state index contributed by atoms with van der Waals surface area (Å²) in [6.07, 6.45) is 4.80. The molecule has 0 fully saturated rings. The Morgan fingerprint density at radius 2 is 2.00 bits per heavy atom. The highest BCUT2D eigenvalue weighted by atomic mass is 16.5. The number of ketones is 1. The summed E-state index contributed by atoms with van der Waals surface area (Å²) in [5, 5.41) is 19.3. The lowest BCUT2D eigenvalue weighted by molar-refractivity contribution is 0.104. The molecule has 1 aliphatic carbocycles. The summed E-state index contributed by atoms with van der Waals surface area (Å²) in [6, 6.07) is 8.87. The molecule has 0 aliphatic heterocycles. The number of aliphatic hydroxyl groups is 2. The maximum Gasteiger partial charge on any atom is 0.185 e. The van der Waals surface area contributed by atoms with Gasteiger partial charge in [-0.3, -0.25) is 4.79 Å². The minimum atomic E-state index is -0.922. The third-order valence-corrected chi connectivity index (χ3v) is 3.08. The molecule has 2 atom stereocenters. The van der Waals surface area contributed by atoms with E-state index in [1.54, 1.807) is 30.3 Å². The zero-order valence-electron chi connectivity index (χ0n) is 11.1. The number of methoxy groups -OCH3 is 1. The SMILES string of the molecule is COC1=CC(O)=CC(O)C1C=CC(=O)c1ccccc1. The molecule has 2 N–H and O–H groups in total. The fourth-order valence-corrected chi connectivity index (χ4v) is 2.03. The van der Waals surface area contributed by atoms with E-state index in [2.05, 4.69) is 0 Å². The van der Waals surface area contributed by atoms with E-state index in [0.717, 1.165) is 0 Å². The molecule has 0 aromatic heterocycles. The van der Waals surface area contributed by atoms with Crippen molar-refractivity contribution in [2.75, 3.05) is 7.11 Å². The lowest BCUT2D eigenvalue weighted by Gasteiger charge is -2.23. The summed E-state index contributed by atoms with van der Waals surface area (Å²) in [6.45, 7) is 0. The molecule has 0 bridgehead atoms. The predicted molar refractivity (Wildman–Crippen MR) is 75.2 cm³/mol. The quantitative estimate of drug-likeness (QED) is 0.652. The van der Waals surface area contributed by atoms with Crippen LogP contribution >= 0.6 is 0 Å². The Kier molecular flexibility index (Phi) is 4.38. The standard InChI is InChI=1S/C16H16O4/c1-20-16-10-12(17)9-15(19)13(16)7-8-14(18)11-5-3-2-4-6-11/h2-10,13,15,17,19H,1H3. The molecule has 104 valence electrons. The maximum atomic E-state index is 12.0. The molecular formula is C16H16O4. The van der Waals surface area contributed by atoms with Gasteiger partial charge in [0.1, 0.15) is 11.5 Å². The summed E-state index contributed by atoms with van der Waals surface area (Å²) in [5.74, 6) is -0.265. The van der Waals surface area contributed by atoms with Crippen molar-refractivity contribution >= 4 is 5.78 Å². The van der Waals surface area contributed by atoms with Crippen molar-refractivity contribution < 1.29 is 19.7 Å². The number of ether oxygens (including phenoxy) is 1. The molecule has 0 saturated heterocycles. The molecule has 0 spiro atoms. The van der Waals surface area contributed by atoms with Gasteiger partial charge < -0.3 is 14.9 Å². The molecule has 0 radical (unpaired) electrons. The summed E-state index contributed by atoms with van der Waals surface area (Å²) in [5.41, 5.74) is 0.579. The van der Waals surface area contributed by atoms with Crippen molar-refractivity contribution in [3.8, 4) is 0 Å². The lowest BCUT2D eigenvalue weighted by Crippen LogP contribution is -2.23. The van der Waals surface area contributed by atoms with Gasteiger partial charge >= 0.3 is 0 Å². The number of carbonyl (C=O) groups excluding carboxylic acids is 1. The second kappa shape index (κ2) is 6.21. The Bertz CT molecular complexity index is 569. The van der Waals surface area contributed by atoms with Crippen molar-refractivity contribution in [1.82, 2.24) is 0 Å². The molecule has 0 heterocycles. The van der Waals surface area contributed by atoms with Gasteiger partial charge in [-0.2, -0.15) is 0 Å². The molecule has 2 unspecified atom stereocenters. The van der Waals surface area contributed by atoms with Crippen LogP contribution in [0, 0.1) is 5.92 Å². The van der Waals surface area contributed by atoms with Crippen molar-refractivity contribution in [2.24, 2.45) is 5.92 Å². The van der Waals surface area contributed by atoms with Gasteiger partial charge in [0, 0.05) is 11.6 Å². The monoisotopic (exact) mass is 272 g/mol. The van der Waals surface area contributed by atoms with Crippen LogP contribution in [0.25, 0.3) is 0 Å². The fourth-order valence-electron chi connectivity index (χ4n) is 2.03. The number of aliphatic hydroxyl groups excluding tert-OH is 2. The van der Waals surface area contributed by atoms with Crippen LogP contribution in [0.2, 0.25) is 0 Å². The summed E-state index contributed by atoms with van der Waals surface area (Å²) in [4.78, 5) is 12.0. The normalized spacial score (nSPS) is 22.3. The number of hydrogen-bond acceptors (Lipinski definition) is 4. The number of allylic oxidation sites excluding steroid dienone is 2.